The summed E-state index contributed by atoms with van der Waals surface area (Å²) in [5, 5.41) is 3.56. The summed E-state index contributed by atoms with van der Waals surface area (Å²) in [4.78, 5) is 2.69. The molecule has 0 spiro atoms. The maximum Gasteiger partial charge on any atom is 0.0757 e. The zero-order valence-electron chi connectivity index (χ0n) is 13.4. The number of nitrogens with one attached hydrogen (secondary N) is 1. The molecule has 0 radical (unpaired) electrons. The first-order valence-corrected chi connectivity index (χ1v) is 8.04. The molecule has 1 heterocycles. The highest BCUT2D eigenvalue weighted by Gasteiger charge is 2.39. The van der Waals surface area contributed by atoms with Gasteiger partial charge in [0.15, 0.2) is 0 Å². The molecule has 4 unspecified atom stereocenters. The summed E-state index contributed by atoms with van der Waals surface area (Å²) in [6.07, 6.45) is 5.75. The Morgan fingerprint density at radius 3 is 2.63 bits per heavy atom. The van der Waals surface area contributed by atoms with Gasteiger partial charge in [-0.25, -0.2) is 0 Å². The molecule has 0 aromatic rings. The predicted molar refractivity (Wildman–Crippen MR) is 80.5 cm³/mol. The molecule has 112 valence electrons. The van der Waals surface area contributed by atoms with E-state index in [1.54, 1.807) is 0 Å². The second kappa shape index (κ2) is 6.11. The van der Waals surface area contributed by atoms with Gasteiger partial charge in [-0.1, -0.05) is 13.3 Å². The molecule has 0 amide bonds. The van der Waals surface area contributed by atoms with Crippen molar-refractivity contribution in [1.82, 2.24) is 10.2 Å². The fourth-order valence-electron chi connectivity index (χ4n) is 4.10. The zero-order chi connectivity index (χ0) is 14.0. The minimum absolute atomic E-state index is 0.00484. The third-order valence-corrected chi connectivity index (χ3v) is 4.94. The van der Waals surface area contributed by atoms with Gasteiger partial charge in [0.25, 0.3) is 0 Å². The van der Waals surface area contributed by atoms with Crippen molar-refractivity contribution in [3.63, 3.8) is 0 Å². The van der Waals surface area contributed by atoms with Crippen molar-refractivity contribution < 1.29 is 4.74 Å². The summed E-state index contributed by atoms with van der Waals surface area (Å²) in [6.45, 7) is 11.2. The average molecular weight is 268 g/mol. The Kier molecular flexibility index (Phi) is 4.91. The van der Waals surface area contributed by atoms with Crippen LogP contribution in [0.1, 0.15) is 53.4 Å². The van der Waals surface area contributed by atoms with Crippen molar-refractivity contribution in [2.45, 2.75) is 77.2 Å². The van der Waals surface area contributed by atoms with Gasteiger partial charge in [0.2, 0.25) is 0 Å². The first-order chi connectivity index (χ1) is 8.95. The molecule has 19 heavy (non-hydrogen) atoms. The third-order valence-electron chi connectivity index (χ3n) is 4.94. The van der Waals surface area contributed by atoms with Gasteiger partial charge in [-0.15, -0.1) is 0 Å². The zero-order valence-corrected chi connectivity index (χ0v) is 13.4. The number of nitrogens with zero attached hydrogens (tertiary/aromatic N) is 1. The van der Waals surface area contributed by atoms with E-state index in [0.717, 1.165) is 19.0 Å². The highest BCUT2D eigenvalue weighted by atomic mass is 16.5. The topological polar surface area (TPSA) is 24.5 Å². The highest BCUT2D eigenvalue weighted by Crippen LogP contribution is 2.33. The molecule has 0 aromatic carbocycles. The average Bonchev–Trinajstić information content (AvgIpc) is 2.35. The fraction of sp³-hybridized carbons (Fsp3) is 1.00. The lowest BCUT2D eigenvalue weighted by atomic mass is 9.79. The molecule has 2 fully saturated rings. The van der Waals surface area contributed by atoms with Crippen molar-refractivity contribution in [1.29, 1.82) is 0 Å². The van der Waals surface area contributed by atoms with Crippen LogP contribution in [0.5, 0.6) is 0 Å². The van der Waals surface area contributed by atoms with E-state index in [1.807, 2.05) is 0 Å². The van der Waals surface area contributed by atoms with Crippen LogP contribution in [0.25, 0.3) is 0 Å². The normalized spacial score (nSPS) is 40.3. The van der Waals surface area contributed by atoms with Gasteiger partial charge in [-0.2, -0.15) is 0 Å². The molecule has 1 aliphatic heterocycles. The van der Waals surface area contributed by atoms with Crippen molar-refractivity contribution in [3.8, 4) is 0 Å². The molecule has 2 aliphatic rings. The van der Waals surface area contributed by atoms with E-state index < -0.39 is 0 Å². The first kappa shape index (κ1) is 15.3. The van der Waals surface area contributed by atoms with Crippen molar-refractivity contribution in [2.75, 3.05) is 20.1 Å². The molecule has 1 saturated heterocycles. The van der Waals surface area contributed by atoms with Gasteiger partial charge in [0, 0.05) is 25.2 Å². The number of hydrogen-bond acceptors (Lipinski definition) is 3. The molecule has 2 rings (SSSR count). The summed E-state index contributed by atoms with van der Waals surface area (Å²) < 4.78 is 6.05. The van der Waals surface area contributed by atoms with Crippen molar-refractivity contribution in [3.05, 3.63) is 0 Å². The second-order valence-corrected chi connectivity index (χ2v) is 7.17. The summed E-state index contributed by atoms with van der Waals surface area (Å²) >= 11 is 0. The molecule has 3 heteroatoms. The lowest BCUT2D eigenvalue weighted by Crippen LogP contribution is -2.60. The smallest absolute Gasteiger partial charge is 0.0757 e. The van der Waals surface area contributed by atoms with Crippen LogP contribution in [0.2, 0.25) is 0 Å². The van der Waals surface area contributed by atoms with E-state index in [1.165, 1.54) is 25.7 Å². The van der Waals surface area contributed by atoms with Gasteiger partial charge in [-0.3, -0.25) is 4.90 Å². The van der Waals surface area contributed by atoms with E-state index >= 15 is 0 Å². The Bertz CT molecular complexity index is 292. The number of ether oxygens (including phenoxy) is 1. The minimum atomic E-state index is -0.00484. The van der Waals surface area contributed by atoms with E-state index in [0.29, 0.717) is 18.2 Å². The molecule has 3 nitrogen and oxygen atoms in total. The molecular formula is C16H32N2O. The number of morpholine rings is 1. The van der Waals surface area contributed by atoms with Gasteiger partial charge < -0.3 is 10.1 Å². The summed E-state index contributed by atoms with van der Waals surface area (Å²) in [5.41, 5.74) is -0.00484. The van der Waals surface area contributed by atoms with Crippen LogP contribution < -0.4 is 5.32 Å². The van der Waals surface area contributed by atoms with Crippen molar-refractivity contribution >= 4 is 0 Å². The molecular weight excluding hydrogens is 236 g/mol. The van der Waals surface area contributed by atoms with Crippen molar-refractivity contribution in [2.24, 2.45) is 5.92 Å². The molecule has 0 bridgehead atoms. The molecule has 1 saturated carbocycles. The lowest BCUT2D eigenvalue weighted by Gasteiger charge is -2.49. The third kappa shape index (κ3) is 3.71. The quantitative estimate of drug-likeness (QED) is 0.851. The summed E-state index contributed by atoms with van der Waals surface area (Å²) in [6, 6.07) is 1.35. The Labute approximate surface area is 119 Å². The lowest BCUT2D eigenvalue weighted by molar-refractivity contribution is -0.144. The minimum Gasteiger partial charge on any atom is -0.370 e. The summed E-state index contributed by atoms with van der Waals surface area (Å²) in [5.74, 6) is 0.913. The Morgan fingerprint density at radius 1 is 1.32 bits per heavy atom. The number of hydrogen-bond donors (Lipinski definition) is 1. The standard InChI is InChI=1S/C16H32N2O/c1-6-13-7-8-14(17-5)15(9-13)18-10-12(2)19-16(3,4)11-18/h12-15,17H,6-11H2,1-5H3. The second-order valence-electron chi connectivity index (χ2n) is 7.17. The van der Waals surface area contributed by atoms with Crippen LogP contribution in [-0.4, -0.2) is 48.8 Å². The fourth-order valence-corrected chi connectivity index (χ4v) is 4.10. The molecule has 4 atom stereocenters. The molecule has 1 aliphatic carbocycles. The molecule has 1 N–H and O–H groups in total. The van der Waals surface area contributed by atoms with Crippen LogP contribution in [0.3, 0.4) is 0 Å². The van der Waals surface area contributed by atoms with Gasteiger partial charge in [-0.05, 0) is 53.0 Å². The Morgan fingerprint density at radius 2 is 2.05 bits per heavy atom. The highest BCUT2D eigenvalue weighted by molar-refractivity contribution is 4.94. The number of likely N-dealkylation sites (N-methyl/N-ethyl adjacent to an activating group) is 1. The number of rotatable bonds is 3. The van der Waals surface area contributed by atoms with Crippen LogP contribution in [-0.2, 0) is 4.74 Å². The largest absolute Gasteiger partial charge is 0.370 e. The predicted octanol–water partition coefficient (Wildman–Crippen LogP) is 2.65. The van der Waals surface area contributed by atoms with Crippen LogP contribution in [0, 0.1) is 5.92 Å². The first-order valence-electron chi connectivity index (χ1n) is 8.04. The maximum absolute atomic E-state index is 6.05. The summed E-state index contributed by atoms with van der Waals surface area (Å²) in [7, 11) is 2.12. The SMILES string of the molecule is CCC1CCC(NC)C(N2CC(C)OC(C)(C)C2)C1. The monoisotopic (exact) mass is 268 g/mol. The molecule has 0 aromatic heterocycles. The van der Waals surface area contributed by atoms with E-state index in [4.69, 9.17) is 4.74 Å². The van der Waals surface area contributed by atoms with Gasteiger partial charge in [0.1, 0.15) is 0 Å². The van der Waals surface area contributed by atoms with Crippen LogP contribution in [0.4, 0.5) is 0 Å². The Hall–Kier alpha value is -0.120. The maximum atomic E-state index is 6.05. The van der Waals surface area contributed by atoms with E-state index in [-0.39, 0.29) is 5.60 Å². The van der Waals surface area contributed by atoms with E-state index in [2.05, 4.69) is 45.0 Å². The van der Waals surface area contributed by atoms with Gasteiger partial charge >= 0.3 is 0 Å². The van der Waals surface area contributed by atoms with Crippen LogP contribution >= 0.6 is 0 Å². The van der Waals surface area contributed by atoms with Crippen LogP contribution in [0.15, 0.2) is 0 Å². The van der Waals surface area contributed by atoms with E-state index in [9.17, 15) is 0 Å². The Balaban J connectivity index is 2.07. The van der Waals surface area contributed by atoms with Gasteiger partial charge in [0.05, 0.1) is 11.7 Å².